The minimum atomic E-state index is -0.499. The van der Waals surface area contributed by atoms with Crippen molar-refractivity contribution in [3.05, 3.63) is 89.0 Å². The lowest BCUT2D eigenvalue weighted by molar-refractivity contribution is -0.119. The molecule has 1 saturated heterocycles. The molecule has 42 heavy (non-hydrogen) atoms. The van der Waals surface area contributed by atoms with Crippen LogP contribution in [-0.2, 0) is 11.4 Å². The van der Waals surface area contributed by atoms with E-state index in [0.717, 1.165) is 31.7 Å². The number of anilines is 2. The summed E-state index contributed by atoms with van der Waals surface area (Å²) in [5, 5.41) is 21.9. The highest BCUT2D eigenvalue weighted by Crippen LogP contribution is 2.33. The summed E-state index contributed by atoms with van der Waals surface area (Å²) < 4.78 is 20.7. The van der Waals surface area contributed by atoms with Crippen LogP contribution in [0.1, 0.15) is 23.7 Å². The van der Waals surface area contributed by atoms with Crippen LogP contribution in [-0.4, -0.2) is 69.2 Å². The number of primary amides is 1. The highest BCUT2D eigenvalue weighted by Gasteiger charge is 2.27. The van der Waals surface area contributed by atoms with E-state index in [-0.39, 0.29) is 42.0 Å². The third-order valence-corrected chi connectivity index (χ3v) is 7.26. The predicted octanol–water partition coefficient (Wildman–Crippen LogP) is 4.52. The molecule has 2 aromatic carbocycles. The summed E-state index contributed by atoms with van der Waals surface area (Å²) in [7, 11) is 2.07. The Hall–Kier alpha value is -4.32. The monoisotopic (exact) mass is 591 g/mol. The molecule has 1 amide bonds. The number of hydrogen-bond acceptors (Lipinski definition) is 9. The Morgan fingerprint density at radius 1 is 1.12 bits per heavy atom. The molecule has 5 rings (SSSR count). The van der Waals surface area contributed by atoms with E-state index < -0.39 is 11.7 Å². The average molecular weight is 592 g/mol. The number of benzene rings is 2. The maximum absolute atomic E-state index is 14.7. The van der Waals surface area contributed by atoms with Gasteiger partial charge < -0.3 is 25.8 Å². The van der Waals surface area contributed by atoms with Gasteiger partial charge >= 0.3 is 0 Å². The quantitative estimate of drug-likeness (QED) is 0.244. The van der Waals surface area contributed by atoms with Gasteiger partial charge in [0.05, 0.1) is 17.4 Å². The summed E-state index contributed by atoms with van der Waals surface area (Å²) in [6.45, 7) is 3.42. The molecular formula is C30H31ClFN7O3. The van der Waals surface area contributed by atoms with Gasteiger partial charge in [0.25, 0.3) is 5.88 Å². The summed E-state index contributed by atoms with van der Waals surface area (Å²) in [5.74, 6) is -0.632. The maximum atomic E-state index is 14.7. The van der Waals surface area contributed by atoms with Crippen LogP contribution in [0, 0.1) is 5.82 Å². The van der Waals surface area contributed by atoms with Gasteiger partial charge in [0.15, 0.2) is 0 Å². The normalized spacial score (nSPS) is 14.8. The third-order valence-electron chi connectivity index (χ3n) is 7.03. The van der Waals surface area contributed by atoms with Crippen LogP contribution in [0.5, 0.6) is 11.6 Å². The minimum absolute atomic E-state index is 0.105. The number of amides is 1. The van der Waals surface area contributed by atoms with Gasteiger partial charge in [0, 0.05) is 55.1 Å². The van der Waals surface area contributed by atoms with E-state index in [4.69, 9.17) is 22.1 Å². The van der Waals surface area contributed by atoms with Gasteiger partial charge in [-0.2, -0.15) is 0 Å². The van der Waals surface area contributed by atoms with Crippen molar-refractivity contribution in [2.24, 2.45) is 5.73 Å². The van der Waals surface area contributed by atoms with Crippen molar-refractivity contribution >= 4 is 28.9 Å². The van der Waals surface area contributed by atoms with Gasteiger partial charge in [0.2, 0.25) is 5.91 Å². The Balaban J connectivity index is 1.47. The summed E-state index contributed by atoms with van der Waals surface area (Å²) in [4.78, 5) is 21.0. The number of likely N-dealkylation sites (N-methyl/N-ethyl adjacent to an activating group) is 1. The van der Waals surface area contributed by atoms with Crippen LogP contribution in [0.3, 0.4) is 0 Å². The van der Waals surface area contributed by atoms with Gasteiger partial charge in [-0.25, -0.2) is 4.39 Å². The van der Waals surface area contributed by atoms with Crippen LogP contribution < -0.4 is 15.8 Å². The molecule has 1 aliphatic heterocycles. The summed E-state index contributed by atoms with van der Waals surface area (Å²) >= 11 is 6.13. The van der Waals surface area contributed by atoms with Crippen molar-refractivity contribution in [2.75, 3.05) is 38.5 Å². The molecule has 12 heteroatoms. The molecule has 218 valence electrons. The molecule has 0 saturated carbocycles. The molecule has 1 aliphatic rings. The number of aromatic nitrogens is 3. The first kappa shape index (κ1) is 29.2. The first-order valence-corrected chi connectivity index (χ1v) is 13.8. The molecule has 0 aliphatic carbocycles. The van der Waals surface area contributed by atoms with Crippen molar-refractivity contribution in [2.45, 2.75) is 19.1 Å². The zero-order valence-electron chi connectivity index (χ0n) is 23.0. The predicted molar refractivity (Wildman–Crippen MR) is 158 cm³/mol. The van der Waals surface area contributed by atoms with Gasteiger partial charge in [-0.1, -0.05) is 23.7 Å². The Kier molecular flexibility index (Phi) is 9.11. The second-order valence-corrected chi connectivity index (χ2v) is 10.6. The van der Waals surface area contributed by atoms with Gasteiger partial charge in [-0.05, 0) is 61.1 Å². The van der Waals surface area contributed by atoms with Crippen molar-refractivity contribution < 1.29 is 19.0 Å². The lowest BCUT2D eigenvalue weighted by Gasteiger charge is -2.37. The molecule has 2 aromatic heterocycles. The SMILES string of the molecule is CN1CCN(C(CC(N)=O)c2cc(Nc3cc(-c4cc(Cl)ccc4F)nnc3OCc3cccc(O)c3)ccn2)CC1. The number of phenolic OH excluding ortho intramolecular Hbond substituents is 1. The number of aromatic hydroxyl groups is 1. The summed E-state index contributed by atoms with van der Waals surface area (Å²) in [5.41, 5.74) is 8.54. The molecule has 0 radical (unpaired) electrons. The van der Waals surface area contributed by atoms with E-state index in [1.165, 1.54) is 18.2 Å². The highest BCUT2D eigenvalue weighted by molar-refractivity contribution is 6.30. The number of carbonyl (C=O) groups excluding carboxylic acids is 1. The molecule has 1 fully saturated rings. The fourth-order valence-corrected chi connectivity index (χ4v) is 4.98. The Morgan fingerprint density at radius 2 is 1.93 bits per heavy atom. The number of phenols is 1. The zero-order chi connectivity index (χ0) is 29.6. The maximum Gasteiger partial charge on any atom is 0.257 e. The van der Waals surface area contributed by atoms with E-state index >= 15 is 0 Å². The topological polar surface area (TPSA) is 130 Å². The molecule has 3 heterocycles. The fourth-order valence-electron chi connectivity index (χ4n) is 4.81. The number of ether oxygens (including phenoxy) is 1. The number of halogens is 2. The smallest absolute Gasteiger partial charge is 0.257 e. The Morgan fingerprint density at radius 3 is 2.69 bits per heavy atom. The van der Waals surface area contributed by atoms with Crippen LogP contribution >= 0.6 is 11.6 Å². The number of pyridine rings is 1. The van der Waals surface area contributed by atoms with E-state index in [1.807, 2.05) is 12.1 Å². The first-order valence-electron chi connectivity index (χ1n) is 13.4. The molecule has 10 nitrogen and oxygen atoms in total. The van der Waals surface area contributed by atoms with Crippen LogP contribution in [0.2, 0.25) is 5.02 Å². The van der Waals surface area contributed by atoms with Crippen molar-refractivity contribution in [3.8, 4) is 22.9 Å². The lowest BCUT2D eigenvalue weighted by Crippen LogP contribution is -2.46. The second-order valence-electron chi connectivity index (χ2n) is 10.2. The number of piperazine rings is 1. The lowest BCUT2D eigenvalue weighted by atomic mass is 10.1. The average Bonchev–Trinajstić information content (AvgIpc) is 2.97. The largest absolute Gasteiger partial charge is 0.508 e. The first-order chi connectivity index (χ1) is 20.2. The van der Waals surface area contributed by atoms with Crippen molar-refractivity contribution in [1.82, 2.24) is 25.0 Å². The number of carbonyl (C=O) groups is 1. The molecule has 1 unspecified atom stereocenters. The number of nitrogens with two attached hydrogens (primary N) is 1. The molecule has 4 N–H and O–H groups in total. The summed E-state index contributed by atoms with van der Waals surface area (Å²) in [6.07, 6.45) is 1.79. The zero-order valence-corrected chi connectivity index (χ0v) is 23.8. The van der Waals surface area contributed by atoms with Crippen LogP contribution in [0.15, 0.2) is 66.9 Å². The van der Waals surface area contributed by atoms with E-state index in [9.17, 15) is 14.3 Å². The standard InChI is InChI=1S/C30H31ClFN7O3/c1-38-9-11-39(12-10-38)28(17-29(33)41)26-15-21(7-8-34-26)35-27-16-25(23-14-20(31)5-6-24(23)32)36-37-30(27)42-18-19-3-2-4-22(40)13-19/h2-8,13-16,28,40H,9-12,17-18H2,1H3,(H2,33,41)(H,34,35,36). The van der Waals surface area contributed by atoms with Gasteiger partial charge in [0.1, 0.15) is 23.9 Å². The van der Waals surface area contributed by atoms with E-state index in [1.54, 1.807) is 36.5 Å². The third kappa shape index (κ3) is 7.30. The number of nitrogens with one attached hydrogen (secondary N) is 1. The summed E-state index contributed by atoms with van der Waals surface area (Å²) in [6, 6.07) is 15.8. The highest BCUT2D eigenvalue weighted by atomic mass is 35.5. The minimum Gasteiger partial charge on any atom is -0.508 e. The fraction of sp³-hybridized carbons (Fsp3) is 0.267. The van der Waals surface area contributed by atoms with Crippen LogP contribution in [0.25, 0.3) is 11.3 Å². The Labute approximate surface area is 247 Å². The Bertz CT molecular complexity index is 1570. The van der Waals surface area contributed by atoms with E-state index in [0.29, 0.717) is 22.1 Å². The molecule has 0 spiro atoms. The molecular weight excluding hydrogens is 561 g/mol. The van der Waals surface area contributed by atoms with E-state index in [2.05, 4.69) is 37.3 Å². The van der Waals surface area contributed by atoms with Crippen molar-refractivity contribution in [3.63, 3.8) is 0 Å². The number of hydrogen-bond donors (Lipinski definition) is 3. The second kappa shape index (κ2) is 13.1. The molecule has 0 bridgehead atoms. The van der Waals surface area contributed by atoms with Crippen molar-refractivity contribution in [1.29, 1.82) is 0 Å². The number of nitrogens with zero attached hydrogens (tertiary/aromatic N) is 5. The van der Waals surface area contributed by atoms with Gasteiger partial charge in [-0.3, -0.25) is 14.7 Å². The van der Waals surface area contributed by atoms with Crippen LogP contribution in [0.4, 0.5) is 15.8 Å². The number of rotatable bonds is 10. The van der Waals surface area contributed by atoms with Gasteiger partial charge in [-0.15, -0.1) is 10.2 Å². The molecule has 4 aromatic rings. The molecule has 1 atom stereocenters.